The molecule has 4 nitrogen and oxygen atoms in total. The Morgan fingerprint density at radius 3 is 2.85 bits per heavy atom. The van der Waals surface area contributed by atoms with Crippen LogP contribution in [0.3, 0.4) is 0 Å². The summed E-state index contributed by atoms with van der Waals surface area (Å²) in [4.78, 5) is 15.3. The summed E-state index contributed by atoms with van der Waals surface area (Å²) in [5.74, 6) is -0.699. The van der Waals surface area contributed by atoms with Crippen molar-refractivity contribution in [2.24, 2.45) is 0 Å². The summed E-state index contributed by atoms with van der Waals surface area (Å²) in [6.07, 6.45) is 2.18. The molecule has 0 amide bonds. The number of aliphatic carboxylic acids is 1. The van der Waals surface area contributed by atoms with Gasteiger partial charge in [0.25, 0.3) is 0 Å². The maximum absolute atomic E-state index is 10.5. The molecule has 1 fully saturated rings. The highest BCUT2D eigenvalue weighted by Crippen LogP contribution is 2.17. The molecule has 0 aromatic heterocycles. The van der Waals surface area contributed by atoms with Gasteiger partial charge >= 0.3 is 5.97 Å². The molecule has 1 aliphatic heterocycles. The SMILES string of the molecule is CN(CCCC(=O)O)C1CCN(Cc2ccccc2)C1. The van der Waals surface area contributed by atoms with Gasteiger partial charge in [-0.15, -0.1) is 0 Å². The maximum atomic E-state index is 10.5. The molecular formula is C16H24N2O2. The van der Waals surface area contributed by atoms with Crippen LogP contribution in [0.15, 0.2) is 30.3 Å². The minimum Gasteiger partial charge on any atom is -0.481 e. The van der Waals surface area contributed by atoms with Gasteiger partial charge in [0, 0.05) is 32.1 Å². The fourth-order valence-corrected chi connectivity index (χ4v) is 2.82. The lowest BCUT2D eigenvalue weighted by Crippen LogP contribution is -2.35. The number of carboxylic acid groups (broad SMARTS) is 1. The number of carbonyl (C=O) groups is 1. The van der Waals surface area contributed by atoms with Crippen LogP contribution in [0.5, 0.6) is 0 Å². The van der Waals surface area contributed by atoms with Crippen LogP contribution in [0.1, 0.15) is 24.8 Å². The first-order valence-corrected chi connectivity index (χ1v) is 7.33. The number of likely N-dealkylation sites (tertiary alicyclic amines) is 1. The van der Waals surface area contributed by atoms with Crippen molar-refractivity contribution in [1.29, 1.82) is 0 Å². The highest BCUT2D eigenvalue weighted by atomic mass is 16.4. The van der Waals surface area contributed by atoms with Crippen molar-refractivity contribution in [1.82, 2.24) is 9.80 Å². The minimum absolute atomic E-state index is 0.269. The molecule has 1 unspecified atom stereocenters. The van der Waals surface area contributed by atoms with E-state index in [4.69, 9.17) is 5.11 Å². The average Bonchev–Trinajstić information content (AvgIpc) is 2.88. The predicted molar refractivity (Wildman–Crippen MR) is 79.6 cm³/mol. The first kappa shape index (κ1) is 15.0. The van der Waals surface area contributed by atoms with Crippen molar-refractivity contribution in [2.45, 2.75) is 31.8 Å². The smallest absolute Gasteiger partial charge is 0.303 e. The molecule has 2 rings (SSSR count). The summed E-state index contributed by atoms with van der Waals surface area (Å²) >= 11 is 0. The fraction of sp³-hybridized carbons (Fsp3) is 0.562. The molecular weight excluding hydrogens is 252 g/mol. The normalized spacial score (nSPS) is 19.6. The monoisotopic (exact) mass is 276 g/mol. The molecule has 1 atom stereocenters. The van der Waals surface area contributed by atoms with Crippen LogP contribution in [0.2, 0.25) is 0 Å². The Hall–Kier alpha value is -1.39. The van der Waals surface area contributed by atoms with Crippen molar-refractivity contribution >= 4 is 5.97 Å². The first-order valence-electron chi connectivity index (χ1n) is 7.33. The molecule has 1 N–H and O–H groups in total. The van der Waals surface area contributed by atoms with Gasteiger partial charge in [0.2, 0.25) is 0 Å². The Kier molecular flexibility index (Phi) is 5.56. The van der Waals surface area contributed by atoms with Gasteiger partial charge in [-0.25, -0.2) is 0 Å². The van der Waals surface area contributed by atoms with Crippen LogP contribution < -0.4 is 0 Å². The van der Waals surface area contributed by atoms with Gasteiger partial charge in [0.05, 0.1) is 0 Å². The number of carboxylic acids is 1. The van der Waals surface area contributed by atoms with Crippen LogP contribution in [0, 0.1) is 0 Å². The summed E-state index contributed by atoms with van der Waals surface area (Å²) in [6.45, 7) is 4.09. The summed E-state index contributed by atoms with van der Waals surface area (Å²) < 4.78 is 0. The van der Waals surface area contributed by atoms with Crippen molar-refractivity contribution in [3.63, 3.8) is 0 Å². The van der Waals surface area contributed by atoms with Gasteiger partial charge in [-0.1, -0.05) is 30.3 Å². The molecule has 0 spiro atoms. The average molecular weight is 276 g/mol. The molecule has 0 bridgehead atoms. The zero-order valence-corrected chi connectivity index (χ0v) is 12.2. The fourth-order valence-electron chi connectivity index (χ4n) is 2.82. The molecule has 1 aliphatic rings. The van der Waals surface area contributed by atoms with E-state index in [1.165, 1.54) is 12.0 Å². The highest BCUT2D eigenvalue weighted by Gasteiger charge is 2.25. The van der Waals surface area contributed by atoms with E-state index in [-0.39, 0.29) is 6.42 Å². The molecule has 0 radical (unpaired) electrons. The van der Waals surface area contributed by atoms with Crippen molar-refractivity contribution in [3.05, 3.63) is 35.9 Å². The van der Waals surface area contributed by atoms with E-state index in [9.17, 15) is 4.79 Å². The molecule has 1 heterocycles. The topological polar surface area (TPSA) is 43.8 Å². The van der Waals surface area contributed by atoms with E-state index in [2.05, 4.69) is 41.1 Å². The molecule has 0 saturated carbocycles. The van der Waals surface area contributed by atoms with Crippen molar-refractivity contribution in [3.8, 4) is 0 Å². The molecule has 4 heteroatoms. The third-order valence-electron chi connectivity index (χ3n) is 4.02. The van der Waals surface area contributed by atoms with E-state index in [0.717, 1.165) is 32.6 Å². The summed E-state index contributed by atoms with van der Waals surface area (Å²) in [5, 5.41) is 8.67. The van der Waals surface area contributed by atoms with Gasteiger partial charge in [-0.05, 0) is 32.0 Å². The Labute approximate surface area is 121 Å². The first-order chi connectivity index (χ1) is 9.65. The molecule has 20 heavy (non-hydrogen) atoms. The lowest BCUT2D eigenvalue weighted by Gasteiger charge is -2.24. The molecule has 110 valence electrons. The number of benzene rings is 1. The Morgan fingerprint density at radius 2 is 2.15 bits per heavy atom. The summed E-state index contributed by atoms with van der Waals surface area (Å²) in [6, 6.07) is 11.1. The van der Waals surface area contributed by atoms with E-state index in [0.29, 0.717) is 6.04 Å². The highest BCUT2D eigenvalue weighted by molar-refractivity contribution is 5.66. The zero-order valence-electron chi connectivity index (χ0n) is 12.2. The van der Waals surface area contributed by atoms with Crippen molar-refractivity contribution < 1.29 is 9.90 Å². The predicted octanol–water partition coefficient (Wildman–Crippen LogP) is 2.06. The van der Waals surface area contributed by atoms with Gasteiger partial charge in [0.15, 0.2) is 0 Å². The number of rotatable bonds is 7. The number of hydrogen-bond donors (Lipinski definition) is 1. The largest absolute Gasteiger partial charge is 0.481 e. The third kappa shape index (κ3) is 4.62. The second-order valence-corrected chi connectivity index (χ2v) is 5.64. The van der Waals surface area contributed by atoms with Gasteiger partial charge in [0.1, 0.15) is 0 Å². The Balaban J connectivity index is 1.73. The van der Waals surface area contributed by atoms with Crippen molar-refractivity contribution in [2.75, 3.05) is 26.7 Å². The van der Waals surface area contributed by atoms with E-state index < -0.39 is 5.97 Å². The second kappa shape index (κ2) is 7.41. The quantitative estimate of drug-likeness (QED) is 0.828. The molecule has 0 aliphatic carbocycles. The Morgan fingerprint density at radius 1 is 1.40 bits per heavy atom. The van der Waals surface area contributed by atoms with Crippen LogP contribution in [-0.2, 0) is 11.3 Å². The van der Waals surface area contributed by atoms with E-state index >= 15 is 0 Å². The lowest BCUT2D eigenvalue weighted by atomic mass is 10.2. The van der Waals surface area contributed by atoms with E-state index in [1.54, 1.807) is 0 Å². The Bertz CT molecular complexity index is 422. The van der Waals surface area contributed by atoms with Crippen LogP contribution in [0.4, 0.5) is 0 Å². The maximum Gasteiger partial charge on any atom is 0.303 e. The molecule has 1 aromatic rings. The van der Waals surface area contributed by atoms with Crippen LogP contribution in [-0.4, -0.2) is 53.6 Å². The minimum atomic E-state index is -0.699. The number of likely N-dealkylation sites (N-methyl/N-ethyl adjacent to an activating group) is 1. The summed E-state index contributed by atoms with van der Waals surface area (Å²) in [5.41, 5.74) is 1.36. The van der Waals surface area contributed by atoms with Crippen LogP contribution in [0.25, 0.3) is 0 Å². The van der Waals surface area contributed by atoms with Gasteiger partial charge in [-0.2, -0.15) is 0 Å². The number of hydrogen-bond acceptors (Lipinski definition) is 3. The standard InChI is InChI=1S/C16H24N2O2/c1-17(10-5-8-16(19)20)15-9-11-18(13-15)12-14-6-3-2-4-7-14/h2-4,6-7,15H,5,8-13H2,1H3,(H,19,20). The third-order valence-corrected chi connectivity index (χ3v) is 4.02. The summed E-state index contributed by atoms with van der Waals surface area (Å²) in [7, 11) is 2.11. The van der Waals surface area contributed by atoms with Crippen LogP contribution >= 0.6 is 0 Å². The lowest BCUT2D eigenvalue weighted by molar-refractivity contribution is -0.137. The second-order valence-electron chi connectivity index (χ2n) is 5.64. The van der Waals surface area contributed by atoms with Gasteiger partial charge < -0.3 is 10.0 Å². The van der Waals surface area contributed by atoms with E-state index in [1.807, 2.05) is 6.07 Å². The molecule has 1 saturated heterocycles. The number of nitrogens with zero attached hydrogens (tertiary/aromatic N) is 2. The van der Waals surface area contributed by atoms with Gasteiger partial charge in [-0.3, -0.25) is 9.69 Å². The molecule has 1 aromatic carbocycles. The zero-order chi connectivity index (χ0) is 14.4.